The molecule has 23 heavy (non-hydrogen) atoms. The summed E-state index contributed by atoms with van der Waals surface area (Å²) in [6.07, 6.45) is 5.43. The van der Waals surface area contributed by atoms with Gasteiger partial charge in [0.2, 0.25) is 5.91 Å². The van der Waals surface area contributed by atoms with E-state index in [0.29, 0.717) is 18.9 Å². The predicted octanol–water partition coefficient (Wildman–Crippen LogP) is 0.285. The zero-order chi connectivity index (χ0) is 15.6. The first-order chi connectivity index (χ1) is 11.3. The standard InChI is InChI=1S/C15H20N6O2/c22-12(19-3-1-2-4-19)9-21-11-18-13-14(16-10-17-15(13)21)20-5-7-23-8-6-20/h10-11H,1-9H2. The molecule has 2 aromatic rings. The first-order valence-corrected chi connectivity index (χ1v) is 8.09. The van der Waals surface area contributed by atoms with Crippen LogP contribution in [0, 0.1) is 0 Å². The topological polar surface area (TPSA) is 76.4 Å². The number of morpholine rings is 1. The fourth-order valence-corrected chi connectivity index (χ4v) is 3.20. The van der Waals surface area contributed by atoms with Gasteiger partial charge in [-0.15, -0.1) is 0 Å². The van der Waals surface area contributed by atoms with Crippen molar-refractivity contribution in [3.05, 3.63) is 12.7 Å². The molecule has 0 aliphatic carbocycles. The van der Waals surface area contributed by atoms with Gasteiger partial charge in [0, 0.05) is 26.2 Å². The average molecular weight is 316 g/mol. The summed E-state index contributed by atoms with van der Waals surface area (Å²) in [4.78, 5) is 29.6. The summed E-state index contributed by atoms with van der Waals surface area (Å²) in [5.41, 5.74) is 1.47. The number of ether oxygens (including phenoxy) is 1. The van der Waals surface area contributed by atoms with Gasteiger partial charge in [-0.2, -0.15) is 0 Å². The largest absolute Gasteiger partial charge is 0.378 e. The van der Waals surface area contributed by atoms with E-state index in [-0.39, 0.29) is 12.5 Å². The number of nitrogens with zero attached hydrogens (tertiary/aromatic N) is 6. The molecule has 0 unspecified atom stereocenters. The number of carbonyl (C=O) groups is 1. The predicted molar refractivity (Wildman–Crippen MR) is 84.2 cm³/mol. The second-order valence-corrected chi connectivity index (χ2v) is 5.93. The third kappa shape index (κ3) is 2.74. The van der Waals surface area contributed by atoms with Crippen LogP contribution in [0.1, 0.15) is 12.8 Å². The van der Waals surface area contributed by atoms with Crippen LogP contribution in [0.4, 0.5) is 5.82 Å². The van der Waals surface area contributed by atoms with E-state index in [9.17, 15) is 4.79 Å². The first kappa shape index (κ1) is 14.4. The number of hydrogen-bond donors (Lipinski definition) is 0. The summed E-state index contributed by atoms with van der Waals surface area (Å²) in [5.74, 6) is 0.957. The smallest absolute Gasteiger partial charge is 0.242 e. The van der Waals surface area contributed by atoms with Gasteiger partial charge in [-0.25, -0.2) is 15.0 Å². The molecular weight excluding hydrogens is 296 g/mol. The SMILES string of the molecule is O=C(Cn1cnc2c(N3CCOCC3)ncnc21)N1CCCC1. The Labute approximate surface area is 134 Å². The number of aromatic nitrogens is 4. The number of fused-ring (bicyclic) bond motifs is 1. The second kappa shape index (κ2) is 6.11. The third-order valence-electron chi connectivity index (χ3n) is 4.46. The minimum absolute atomic E-state index is 0.133. The van der Waals surface area contributed by atoms with E-state index in [2.05, 4.69) is 19.9 Å². The number of anilines is 1. The maximum atomic E-state index is 12.3. The van der Waals surface area contributed by atoms with E-state index >= 15 is 0 Å². The molecule has 1 amide bonds. The maximum absolute atomic E-state index is 12.3. The van der Waals surface area contributed by atoms with Gasteiger partial charge < -0.3 is 19.1 Å². The van der Waals surface area contributed by atoms with Crippen LogP contribution in [-0.2, 0) is 16.1 Å². The van der Waals surface area contributed by atoms with Crippen LogP contribution in [0.25, 0.3) is 11.2 Å². The van der Waals surface area contributed by atoms with E-state index in [1.807, 2.05) is 9.47 Å². The van der Waals surface area contributed by atoms with Crippen molar-refractivity contribution in [2.24, 2.45) is 0 Å². The van der Waals surface area contributed by atoms with Crippen LogP contribution in [0.5, 0.6) is 0 Å². The molecule has 122 valence electrons. The van der Waals surface area contributed by atoms with Crippen molar-refractivity contribution in [2.75, 3.05) is 44.3 Å². The van der Waals surface area contributed by atoms with Gasteiger partial charge in [0.05, 0.1) is 19.5 Å². The Hall–Kier alpha value is -2.22. The molecule has 2 aliphatic heterocycles. The summed E-state index contributed by atoms with van der Waals surface area (Å²) in [6, 6.07) is 0. The van der Waals surface area contributed by atoms with Crippen LogP contribution >= 0.6 is 0 Å². The van der Waals surface area contributed by atoms with Crippen LogP contribution in [0.15, 0.2) is 12.7 Å². The van der Waals surface area contributed by atoms with E-state index < -0.39 is 0 Å². The lowest BCUT2D eigenvalue weighted by Crippen LogP contribution is -2.37. The molecule has 2 fully saturated rings. The van der Waals surface area contributed by atoms with Crippen molar-refractivity contribution in [1.82, 2.24) is 24.4 Å². The fraction of sp³-hybridized carbons (Fsp3) is 0.600. The Bertz CT molecular complexity index is 703. The first-order valence-electron chi connectivity index (χ1n) is 8.09. The lowest BCUT2D eigenvalue weighted by Gasteiger charge is -2.27. The highest BCUT2D eigenvalue weighted by molar-refractivity contribution is 5.85. The minimum Gasteiger partial charge on any atom is -0.378 e. The van der Waals surface area contributed by atoms with Gasteiger partial charge >= 0.3 is 0 Å². The molecule has 2 aliphatic rings. The Morgan fingerprint density at radius 1 is 1.09 bits per heavy atom. The summed E-state index contributed by atoms with van der Waals surface area (Å²) in [6.45, 7) is 4.99. The molecule has 8 nitrogen and oxygen atoms in total. The molecule has 2 aromatic heterocycles. The fourth-order valence-electron chi connectivity index (χ4n) is 3.20. The van der Waals surface area contributed by atoms with Crippen LogP contribution < -0.4 is 4.90 Å². The van der Waals surface area contributed by atoms with Crippen molar-refractivity contribution in [1.29, 1.82) is 0 Å². The Kier molecular flexibility index (Phi) is 3.82. The molecule has 4 heterocycles. The highest BCUT2D eigenvalue weighted by atomic mass is 16.5. The molecule has 0 N–H and O–H groups in total. The molecule has 0 radical (unpaired) electrons. The van der Waals surface area contributed by atoms with Gasteiger partial charge in [-0.3, -0.25) is 4.79 Å². The summed E-state index contributed by atoms with van der Waals surface area (Å²) < 4.78 is 7.21. The Morgan fingerprint density at radius 2 is 1.87 bits per heavy atom. The number of likely N-dealkylation sites (tertiary alicyclic amines) is 1. The summed E-state index contributed by atoms with van der Waals surface area (Å²) in [7, 11) is 0. The zero-order valence-electron chi connectivity index (χ0n) is 13.0. The highest BCUT2D eigenvalue weighted by Crippen LogP contribution is 2.22. The molecular formula is C15H20N6O2. The highest BCUT2D eigenvalue weighted by Gasteiger charge is 2.21. The number of rotatable bonds is 3. The summed E-state index contributed by atoms with van der Waals surface area (Å²) in [5, 5.41) is 0. The van der Waals surface area contributed by atoms with Crippen molar-refractivity contribution >= 4 is 22.9 Å². The molecule has 0 bridgehead atoms. The van der Waals surface area contributed by atoms with Crippen LogP contribution in [0.3, 0.4) is 0 Å². The van der Waals surface area contributed by atoms with E-state index in [4.69, 9.17) is 4.74 Å². The van der Waals surface area contributed by atoms with Crippen LogP contribution in [-0.4, -0.2) is 69.7 Å². The number of amides is 1. The number of imidazole rings is 1. The molecule has 0 spiro atoms. The van der Waals surface area contributed by atoms with E-state index in [1.54, 1.807) is 12.7 Å². The molecule has 4 rings (SSSR count). The molecule has 2 saturated heterocycles. The van der Waals surface area contributed by atoms with E-state index in [0.717, 1.165) is 50.4 Å². The van der Waals surface area contributed by atoms with Gasteiger partial charge in [0.15, 0.2) is 17.0 Å². The van der Waals surface area contributed by atoms with Crippen molar-refractivity contribution in [2.45, 2.75) is 19.4 Å². The molecule has 8 heteroatoms. The molecule has 0 saturated carbocycles. The maximum Gasteiger partial charge on any atom is 0.242 e. The van der Waals surface area contributed by atoms with Gasteiger partial charge in [-0.05, 0) is 12.8 Å². The van der Waals surface area contributed by atoms with Gasteiger partial charge in [0.25, 0.3) is 0 Å². The minimum atomic E-state index is 0.133. The average Bonchev–Trinajstić information content (AvgIpc) is 3.26. The second-order valence-electron chi connectivity index (χ2n) is 5.93. The third-order valence-corrected chi connectivity index (χ3v) is 4.46. The van der Waals surface area contributed by atoms with E-state index in [1.165, 1.54) is 0 Å². The Morgan fingerprint density at radius 3 is 2.65 bits per heavy atom. The Balaban J connectivity index is 1.60. The quantitative estimate of drug-likeness (QED) is 0.810. The van der Waals surface area contributed by atoms with Crippen LogP contribution in [0.2, 0.25) is 0 Å². The van der Waals surface area contributed by atoms with Gasteiger partial charge in [0.1, 0.15) is 12.9 Å². The number of carbonyl (C=O) groups excluding carboxylic acids is 1. The van der Waals surface area contributed by atoms with Crippen molar-refractivity contribution in [3.8, 4) is 0 Å². The van der Waals surface area contributed by atoms with Gasteiger partial charge in [-0.1, -0.05) is 0 Å². The molecule has 0 aromatic carbocycles. The summed E-state index contributed by atoms with van der Waals surface area (Å²) >= 11 is 0. The molecule has 0 atom stereocenters. The normalized spacial score (nSPS) is 18.8. The lowest BCUT2D eigenvalue weighted by molar-refractivity contribution is -0.130. The van der Waals surface area contributed by atoms with Crippen molar-refractivity contribution in [3.63, 3.8) is 0 Å². The van der Waals surface area contributed by atoms with Crippen molar-refractivity contribution < 1.29 is 9.53 Å². The lowest BCUT2D eigenvalue weighted by atomic mass is 10.3. The number of hydrogen-bond acceptors (Lipinski definition) is 6. The zero-order valence-corrected chi connectivity index (χ0v) is 13.0. The monoisotopic (exact) mass is 316 g/mol.